The number of rotatable bonds is 5. The van der Waals surface area contributed by atoms with Crippen molar-refractivity contribution in [2.45, 2.75) is 31.8 Å². The summed E-state index contributed by atoms with van der Waals surface area (Å²) in [6, 6.07) is 7.06. The van der Waals surface area contributed by atoms with E-state index in [-0.39, 0.29) is 0 Å². The third-order valence-corrected chi connectivity index (χ3v) is 4.62. The number of thiophene rings is 1. The number of hydrogen-bond donors (Lipinski definition) is 0. The molecule has 0 aromatic carbocycles. The first-order valence-electron chi connectivity index (χ1n) is 6.66. The van der Waals surface area contributed by atoms with E-state index in [1.54, 1.807) is 0 Å². The van der Waals surface area contributed by atoms with Crippen LogP contribution in [0.25, 0.3) is 0 Å². The van der Waals surface area contributed by atoms with Gasteiger partial charge in [0.2, 0.25) is 0 Å². The molecule has 3 nitrogen and oxygen atoms in total. The third kappa shape index (κ3) is 2.82. The summed E-state index contributed by atoms with van der Waals surface area (Å²) in [4.78, 5) is 4.13. The molecule has 2 aromatic heterocycles. The summed E-state index contributed by atoms with van der Waals surface area (Å²) >= 11 is 1.87. The van der Waals surface area contributed by atoms with Crippen LogP contribution in [0.5, 0.6) is 0 Å². The molecule has 0 saturated carbocycles. The van der Waals surface area contributed by atoms with Crippen LogP contribution >= 0.6 is 11.3 Å². The van der Waals surface area contributed by atoms with Crippen LogP contribution in [0, 0.1) is 0 Å². The summed E-state index contributed by atoms with van der Waals surface area (Å²) in [5.41, 5.74) is 0. The number of aromatic nitrogens is 2. The fourth-order valence-corrected chi connectivity index (χ4v) is 3.43. The zero-order valence-corrected chi connectivity index (χ0v) is 11.4. The van der Waals surface area contributed by atoms with Gasteiger partial charge in [-0.25, -0.2) is 0 Å². The Morgan fingerprint density at radius 2 is 2.39 bits per heavy atom. The first-order chi connectivity index (χ1) is 8.92. The normalized spacial score (nSPS) is 20.6. The maximum atomic E-state index is 4.32. The van der Waals surface area contributed by atoms with E-state index in [0.717, 1.165) is 6.54 Å². The molecule has 1 aliphatic rings. The van der Waals surface area contributed by atoms with Crippen LogP contribution in [0.3, 0.4) is 0 Å². The molecule has 96 valence electrons. The summed E-state index contributed by atoms with van der Waals surface area (Å²) in [6.45, 7) is 3.47. The first kappa shape index (κ1) is 11.9. The lowest BCUT2D eigenvalue weighted by Crippen LogP contribution is -2.34. The molecule has 0 N–H and O–H groups in total. The summed E-state index contributed by atoms with van der Waals surface area (Å²) in [7, 11) is 0. The lowest BCUT2D eigenvalue weighted by atomic mass is 10.2. The van der Waals surface area contributed by atoms with Gasteiger partial charge in [0, 0.05) is 29.9 Å². The third-order valence-electron chi connectivity index (χ3n) is 3.68. The molecule has 0 spiro atoms. The molecule has 0 aliphatic carbocycles. The van der Waals surface area contributed by atoms with Crippen molar-refractivity contribution in [1.29, 1.82) is 0 Å². The van der Waals surface area contributed by atoms with Gasteiger partial charge in [-0.3, -0.25) is 9.58 Å². The molecule has 0 amide bonds. The monoisotopic (exact) mass is 261 g/mol. The predicted molar refractivity (Wildman–Crippen MR) is 74.8 cm³/mol. The van der Waals surface area contributed by atoms with E-state index in [0.29, 0.717) is 6.04 Å². The van der Waals surface area contributed by atoms with Gasteiger partial charge in [0.25, 0.3) is 0 Å². The summed E-state index contributed by atoms with van der Waals surface area (Å²) < 4.78 is 2.06. The van der Waals surface area contributed by atoms with Crippen molar-refractivity contribution in [2.24, 2.45) is 0 Å². The second-order valence-electron chi connectivity index (χ2n) is 4.89. The number of likely N-dealkylation sites (tertiary alicyclic amines) is 1. The highest BCUT2D eigenvalue weighted by Gasteiger charge is 2.24. The molecule has 0 radical (unpaired) electrons. The molecule has 1 unspecified atom stereocenters. The fraction of sp³-hybridized carbons (Fsp3) is 0.500. The molecule has 3 heterocycles. The lowest BCUT2D eigenvalue weighted by Gasteiger charge is -2.24. The average Bonchev–Trinajstić information content (AvgIpc) is 3.10. The van der Waals surface area contributed by atoms with E-state index in [2.05, 4.69) is 38.4 Å². The summed E-state index contributed by atoms with van der Waals surface area (Å²) in [6.07, 6.45) is 7.76. The highest BCUT2D eigenvalue weighted by molar-refractivity contribution is 7.09. The lowest BCUT2D eigenvalue weighted by molar-refractivity contribution is 0.230. The average molecular weight is 261 g/mol. The van der Waals surface area contributed by atoms with E-state index in [9.17, 15) is 0 Å². The molecule has 3 rings (SSSR count). The SMILES string of the molecule is c1csc(CCN2CCCC2Cn2cccn2)c1. The first-order valence-corrected chi connectivity index (χ1v) is 7.53. The molecule has 0 bridgehead atoms. The molecule has 1 aliphatic heterocycles. The van der Waals surface area contributed by atoms with Crippen LogP contribution in [0.4, 0.5) is 0 Å². The van der Waals surface area contributed by atoms with Gasteiger partial charge in [0.1, 0.15) is 0 Å². The molecule has 1 fully saturated rings. The molecule has 4 heteroatoms. The fourth-order valence-electron chi connectivity index (χ4n) is 2.73. The van der Waals surface area contributed by atoms with Gasteiger partial charge in [-0.1, -0.05) is 6.07 Å². The van der Waals surface area contributed by atoms with E-state index >= 15 is 0 Å². The van der Waals surface area contributed by atoms with Crippen molar-refractivity contribution in [3.05, 3.63) is 40.8 Å². The molecular formula is C14H19N3S. The Hall–Kier alpha value is -1.13. The quantitative estimate of drug-likeness (QED) is 0.825. The van der Waals surface area contributed by atoms with Crippen molar-refractivity contribution in [1.82, 2.24) is 14.7 Å². The number of hydrogen-bond acceptors (Lipinski definition) is 3. The van der Waals surface area contributed by atoms with E-state index < -0.39 is 0 Å². The molecule has 18 heavy (non-hydrogen) atoms. The van der Waals surface area contributed by atoms with Crippen molar-refractivity contribution in [3.8, 4) is 0 Å². The Morgan fingerprint density at radius 3 is 3.17 bits per heavy atom. The largest absolute Gasteiger partial charge is 0.298 e. The van der Waals surface area contributed by atoms with Gasteiger partial charge in [0.05, 0.1) is 6.54 Å². The maximum absolute atomic E-state index is 4.32. The second kappa shape index (κ2) is 5.67. The molecule has 1 atom stereocenters. The highest BCUT2D eigenvalue weighted by Crippen LogP contribution is 2.20. The Labute approximate surface area is 112 Å². The van der Waals surface area contributed by atoms with Gasteiger partial charge >= 0.3 is 0 Å². The molecule has 1 saturated heterocycles. The summed E-state index contributed by atoms with van der Waals surface area (Å²) in [5.74, 6) is 0. The van der Waals surface area contributed by atoms with Gasteiger partial charge in [-0.2, -0.15) is 5.10 Å². The minimum atomic E-state index is 0.671. The van der Waals surface area contributed by atoms with Crippen molar-refractivity contribution in [3.63, 3.8) is 0 Å². The van der Waals surface area contributed by atoms with Crippen molar-refractivity contribution < 1.29 is 0 Å². The Morgan fingerprint density at radius 1 is 1.39 bits per heavy atom. The molecule has 2 aromatic rings. The van der Waals surface area contributed by atoms with E-state index in [4.69, 9.17) is 0 Å². The van der Waals surface area contributed by atoms with Crippen LogP contribution < -0.4 is 0 Å². The zero-order chi connectivity index (χ0) is 12.2. The number of nitrogens with zero attached hydrogens (tertiary/aromatic N) is 3. The highest BCUT2D eigenvalue weighted by atomic mass is 32.1. The predicted octanol–water partition coefficient (Wildman–Crippen LogP) is 2.65. The Bertz CT molecular complexity index is 449. The van der Waals surface area contributed by atoms with Crippen LogP contribution in [0.15, 0.2) is 36.0 Å². The van der Waals surface area contributed by atoms with Gasteiger partial charge < -0.3 is 0 Å². The van der Waals surface area contributed by atoms with Crippen molar-refractivity contribution in [2.75, 3.05) is 13.1 Å². The van der Waals surface area contributed by atoms with Crippen molar-refractivity contribution >= 4 is 11.3 Å². The Balaban J connectivity index is 1.54. The maximum Gasteiger partial charge on any atom is 0.0564 e. The van der Waals surface area contributed by atoms with Gasteiger partial charge in [-0.15, -0.1) is 11.3 Å². The van der Waals surface area contributed by atoms with Crippen LogP contribution in [-0.4, -0.2) is 33.8 Å². The molecular weight excluding hydrogens is 242 g/mol. The van der Waals surface area contributed by atoms with Crippen LogP contribution in [0.1, 0.15) is 17.7 Å². The second-order valence-corrected chi connectivity index (χ2v) is 5.92. The topological polar surface area (TPSA) is 21.1 Å². The standard InChI is InChI=1S/C14H19N3S/c1-4-13(12-17-9-3-7-15-17)16(8-1)10-6-14-5-2-11-18-14/h2-3,5,7,9,11,13H,1,4,6,8,10,12H2. The van der Waals surface area contributed by atoms with Gasteiger partial charge in [-0.05, 0) is 43.3 Å². The smallest absolute Gasteiger partial charge is 0.0564 e. The van der Waals surface area contributed by atoms with E-state index in [1.165, 1.54) is 37.2 Å². The van der Waals surface area contributed by atoms with Crippen LogP contribution in [0.2, 0.25) is 0 Å². The minimum absolute atomic E-state index is 0.671. The van der Waals surface area contributed by atoms with Gasteiger partial charge in [0.15, 0.2) is 0 Å². The minimum Gasteiger partial charge on any atom is -0.298 e. The zero-order valence-electron chi connectivity index (χ0n) is 10.5. The Kier molecular flexibility index (Phi) is 3.76. The van der Waals surface area contributed by atoms with E-state index in [1.807, 2.05) is 23.6 Å². The summed E-state index contributed by atoms with van der Waals surface area (Å²) in [5, 5.41) is 6.48. The van der Waals surface area contributed by atoms with Crippen LogP contribution in [-0.2, 0) is 13.0 Å².